The second-order valence-corrected chi connectivity index (χ2v) is 8.83. The van der Waals surface area contributed by atoms with E-state index >= 15 is 0 Å². The summed E-state index contributed by atoms with van der Waals surface area (Å²) in [5.74, 6) is 0.171. The molecule has 0 radical (unpaired) electrons. The van der Waals surface area contributed by atoms with Crippen molar-refractivity contribution in [2.45, 2.75) is 77.3 Å². The van der Waals surface area contributed by atoms with E-state index in [0.29, 0.717) is 31.4 Å². The Morgan fingerprint density at radius 1 is 1.22 bits per heavy atom. The highest BCUT2D eigenvalue weighted by molar-refractivity contribution is 5.69. The number of hydrogen-bond donors (Lipinski definition) is 3. The Labute approximate surface area is 191 Å². The third-order valence-electron chi connectivity index (χ3n) is 5.58. The predicted octanol–water partition coefficient (Wildman–Crippen LogP) is 3.72. The van der Waals surface area contributed by atoms with E-state index in [1.165, 1.54) is 0 Å². The van der Waals surface area contributed by atoms with Crippen LogP contribution in [0, 0.1) is 18.8 Å². The van der Waals surface area contributed by atoms with E-state index in [1.54, 1.807) is 12.2 Å². The van der Waals surface area contributed by atoms with Gasteiger partial charge in [0.25, 0.3) is 0 Å². The van der Waals surface area contributed by atoms with E-state index in [1.807, 2.05) is 57.2 Å². The van der Waals surface area contributed by atoms with Crippen LogP contribution in [0.25, 0.3) is 0 Å². The van der Waals surface area contributed by atoms with Gasteiger partial charge in [0.05, 0.1) is 18.3 Å². The molecule has 0 bridgehead atoms. The van der Waals surface area contributed by atoms with Crippen LogP contribution < -0.4 is 4.74 Å². The van der Waals surface area contributed by atoms with Gasteiger partial charge in [0.2, 0.25) is 0 Å². The molecule has 6 nitrogen and oxygen atoms in total. The number of benzene rings is 1. The number of rotatable bonds is 12. The lowest BCUT2D eigenvalue weighted by molar-refractivity contribution is -0.147. The van der Waals surface area contributed by atoms with Gasteiger partial charge >= 0.3 is 5.97 Å². The molecule has 3 N–H and O–H groups in total. The highest BCUT2D eigenvalue weighted by Gasteiger charge is 2.39. The molecule has 1 aromatic carbocycles. The second kappa shape index (κ2) is 13.4. The van der Waals surface area contributed by atoms with Crippen molar-refractivity contribution in [2.24, 2.45) is 11.8 Å². The summed E-state index contributed by atoms with van der Waals surface area (Å²) >= 11 is 0. The SMILES string of the molecule is Cc1cccc(OCC(O)/C=C/C2C(O)CC(O)C2C/C=C\CCCC(=O)OC(C)C)c1. The van der Waals surface area contributed by atoms with Crippen molar-refractivity contribution in [3.05, 3.63) is 54.1 Å². The summed E-state index contributed by atoms with van der Waals surface area (Å²) in [5.41, 5.74) is 1.09. The number of aliphatic hydroxyl groups excluding tert-OH is 3. The summed E-state index contributed by atoms with van der Waals surface area (Å²) in [6.07, 6.45) is 8.12. The van der Waals surface area contributed by atoms with Crippen LogP contribution in [0.15, 0.2) is 48.6 Å². The lowest BCUT2D eigenvalue weighted by Crippen LogP contribution is -2.21. The summed E-state index contributed by atoms with van der Waals surface area (Å²) in [7, 11) is 0. The van der Waals surface area contributed by atoms with Crippen LogP contribution >= 0.6 is 0 Å². The Balaban J connectivity index is 1.78. The van der Waals surface area contributed by atoms with Gasteiger partial charge in [-0.05, 0) is 63.6 Å². The molecule has 0 aromatic heterocycles. The quantitative estimate of drug-likeness (QED) is 0.257. The maximum absolute atomic E-state index is 11.5. The zero-order chi connectivity index (χ0) is 23.5. The maximum atomic E-state index is 11.5. The standard InChI is InChI=1S/C26H38O6/c1-18(2)32-26(30)12-7-5-4-6-11-22-23(25(29)16-24(22)28)14-13-20(27)17-31-21-10-8-9-19(3)15-21/h4,6,8-10,13-15,18,20,22-25,27-29H,5,7,11-12,16-17H2,1-3H3/b6-4-,14-13+. The number of esters is 1. The number of carbonyl (C=O) groups is 1. The van der Waals surface area contributed by atoms with Crippen molar-refractivity contribution in [2.75, 3.05) is 6.61 Å². The largest absolute Gasteiger partial charge is 0.491 e. The number of aryl methyl sites for hydroxylation is 1. The molecule has 2 rings (SSSR count). The van der Waals surface area contributed by atoms with Crippen molar-refractivity contribution >= 4 is 5.97 Å². The van der Waals surface area contributed by atoms with Gasteiger partial charge in [-0.15, -0.1) is 0 Å². The summed E-state index contributed by atoms with van der Waals surface area (Å²) in [4.78, 5) is 11.5. The fourth-order valence-electron chi connectivity index (χ4n) is 3.96. The maximum Gasteiger partial charge on any atom is 0.306 e. The van der Waals surface area contributed by atoms with E-state index in [9.17, 15) is 20.1 Å². The van der Waals surface area contributed by atoms with Gasteiger partial charge in [-0.1, -0.05) is 36.4 Å². The minimum Gasteiger partial charge on any atom is -0.491 e. The summed E-state index contributed by atoms with van der Waals surface area (Å²) in [5, 5.41) is 31.0. The van der Waals surface area contributed by atoms with Gasteiger partial charge in [0, 0.05) is 18.8 Å². The average molecular weight is 447 g/mol. The van der Waals surface area contributed by atoms with Crippen LogP contribution in [0.3, 0.4) is 0 Å². The molecule has 178 valence electrons. The third-order valence-corrected chi connectivity index (χ3v) is 5.58. The number of ether oxygens (including phenoxy) is 2. The molecule has 5 atom stereocenters. The molecule has 0 saturated heterocycles. The number of hydrogen-bond acceptors (Lipinski definition) is 6. The first kappa shape index (κ1) is 26.1. The first-order chi connectivity index (χ1) is 15.3. The van der Waals surface area contributed by atoms with Crippen LogP contribution in [0.4, 0.5) is 0 Å². The molecule has 6 heteroatoms. The molecular weight excluding hydrogens is 408 g/mol. The van der Waals surface area contributed by atoms with Crippen LogP contribution in [-0.4, -0.2) is 52.3 Å². The number of allylic oxidation sites excluding steroid dienone is 2. The predicted molar refractivity (Wildman–Crippen MR) is 124 cm³/mol. The highest BCUT2D eigenvalue weighted by atomic mass is 16.5. The molecule has 1 aliphatic rings. The minimum atomic E-state index is -0.803. The average Bonchev–Trinajstić information content (AvgIpc) is 2.99. The first-order valence-electron chi connectivity index (χ1n) is 11.5. The molecule has 1 aliphatic carbocycles. The minimum absolute atomic E-state index is 0.0917. The lowest BCUT2D eigenvalue weighted by atomic mass is 9.89. The molecule has 1 aromatic rings. The molecule has 0 spiro atoms. The molecule has 5 unspecified atom stereocenters. The molecule has 1 fully saturated rings. The third kappa shape index (κ3) is 9.15. The zero-order valence-corrected chi connectivity index (χ0v) is 19.4. The van der Waals surface area contributed by atoms with Crippen molar-refractivity contribution in [3.8, 4) is 5.75 Å². The first-order valence-corrected chi connectivity index (χ1v) is 11.5. The summed E-state index contributed by atoms with van der Waals surface area (Å²) in [6.45, 7) is 5.76. The molecular formula is C26H38O6. The lowest BCUT2D eigenvalue weighted by Gasteiger charge is -2.19. The Kier molecular flexibility index (Phi) is 10.9. The molecule has 0 amide bonds. The highest BCUT2D eigenvalue weighted by Crippen LogP contribution is 2.36. The smallest absolute Gasteiger partial charge is 0.306 e. The van der Waals surface area contributed by atoms with E-state index in [2.05, 4.69) is 0 Å². The zero-order valence-electron chi connectivity index (χ0n) is 19.4. The van der Waals surface area contributed by atoms with E-state index in [0.717, 1.165) is 12.0 Å². The Morgan fingerprint density at radius 2 is 2.00 bits per heavy atom. The fraction of sp³-hybridized carbons (Fsp3) is 0.577. The Bertz CT molecular complexity index is 756. The van der Waals surface area contributed by atoms with Gasteiger partial charge < -0.3 is 24.8 Å². The van der Waals surface area contributed by atoms with Crippen molar-refractivity contribution in [3.63, 3.8) is 0 Å². The number of aliphatic hydroxyl groups is 3. The molecule has 0 heterocycles. The van der Waals surface area contributed by atoms with Crippen LogP contribution in [-0.2, 0) is 9.53 Å². The number of carbonyl (C=O) groups excluding carboxylic acids is 1. The fourth-order valence-corrected chi connectivity index (χ4v) is 3.96. The van der Waals surface area contributed by atoms with E-state index < -0.39 is 18.3 Å². The van der Waals surface area contributed by atoms with Crippen LogP contribution in [0.1, 0.15) is 51.5 Å². The van der Waals surface area contributed by atoms with Crippen molar-refractivity contribution in [1.82, 2.24) is 0 Å². The van der Waals surface area contributed by atoms with Gasteiger partial charge in [-0.2, -0.15) is 0 Å². The van der Waals surface area contributed by atoms with Gasteiger partial charge in [-0.3, -0.25) is 4.79 Å². The number of unbranched alkanes of at least 4 members (excludes halogenated alkanes) is 1. The topological polar surface area (TPSA) is 96.2 Å². The molecule has 32 heavy (non-hydrogen) atoms. The van der Waals surface area contributed by atoms with Crippen LogP contribution in [0.5, 0.6) is 5.75 Å². The Morgan fingerprint density at radius 3 is 2.72 bits per heavy atom. The normalized spacial score (nSPS) is 24.5. The Hall–Kier alpha value is -2.15. The molecule has 1 saturated carbocycles. The summed E-state index contributed by atoms with van der Waals surface area (Å²) in [6, 6.07) is 7.63. The molecule has 0 aliphatic heterocycles. The van der Waals surface area contributed by atoms with Gasteiger partial charge in [-0.25, -0.2) is 0 Å². The van der Waals surface area contributed by atoms with Gasteiger partial charge in [0.1, 0.15) is 18.5 Å². The van der Waals surface area contributed by atoms with E-state index in [4.69, 9.17) is 9.47 Å². The van der Waals surface area contributed by atoms with Crippen LogP contribution in [0.2, 0.25) is 0 Å². The van der Waals surface area contributed by atoms with Gasteiger partial charge in [0.15, 0.2) is 0 Å². The van der Waals surface area contributed by atoms with E-state index in [-0.39, 0.29) is 30.5 Å². The second-order valence-electron chi connectivity index (χ2n) is 8.83. The summed E-state index contributed by atoms with van der Waals surface area (Å²) < 4.78 is 10.7. The van der Waals surface area contributed by atoms with Crippen molar-refractivity contribution < 1.29 is 29.6 Å². The van der Waals surface area contributed by atoms with Crippen molar-refractivity contribution in [1.29, 1.82) is 0 Å². The monoisotopic (exact) mass is 446 g/mol.